The molecule has 4 atom stereocenters. The lowest BCUT2D eigenvalue weighted by Crippen LogP contribution is -2.50. The molecule has 228 valence electrons. The van der Waals surface area contributed by atoms with E-state index in [0.29, 0.717) is 60.3 Å². The summed E-state index contributed by atoms with van der Waals surface area (Å²) in [4.78, 5) is 27.9. The van der Waals surface area contributed by atoms with E-state index in [-0.39, 0.29) is 24.5 Å². The van der Waals surface area contributed by atoms with Crippen molar-refractivity contribution >= 4 is 46.4 Å². The molecule has 2 aliphatic rings. The molecule has 11 heteroatoms. The molecule has 0 aliphatic carbocycles. The van der Waals surface area contributed by atoms with Crippen molar-refractivity contribution in [3.8, 4) is 5.75 Å². The molecular weight excluding hydrogens is 599 g/mol. The normalized spacial score (nSPS) is 21.0. The van der Waals surface area contributed by atoms with Gasteiger partial charge in [0.2, 0.25) is 0 Å². The fourth-order valence-electron chi connectivity index (χ4n) is 5.10. The van der Waals surface area contributed by atoms with Crippen LogP contribution in [0.15, 0.2) is 55.1 Å². The zero-order valence-electron chi connectivity index (χ0n) is 24.1. The summed E-state index contributed by atoms with van der Waals surface area (Å²) < 4.78 is 33.5. The molecule has 4 rings (SSSR count). The average Bonchev–Trinajstić information content (AvgIpc) is 3.44. The van der Waals surface area contributed by atoms with Gasteiger partial charge in [0.25, 0.3) is 5.91 Å². The number of esters is 1. The second-order valence-electron chi connectivity index (χ2n) is 11.4. The van der Waals surface area contributed by atoms with E-state index >= 15 is 0 Å². The number of amides is 1. The standard InChI is InChI=1S/C31H38Cl2N2O6S/c1-5-16-39-26-19-24(33)23(32)18-22(26)27(34-42(38)31(2,3)4)20-11-14-35(15-12-20)29(36)28-25(13-17-40-28)41-30(37)21-9-7-6-8-10-21/h5-10,18-20,25,27-28,34H,1,11-17H2,2-4H3/t25?,27-,28?,42+/m1/s1. The molecular formula is C31H38Cl2N2O6S. The number of carbonyl (C=O) groups is 2. The van der Waals surface area contributed by atoms with E-state index in [0.717, 1.165) is 5.56 Å². The first kappa shape index (κ1) is 32.6. The van der Waals surface area contributed by atoms with Crippen LogP contribution in [0.5, 0.6) is 5.75 Å². The molecule has 2 aromatic rings. The van der Waals surface area contributed by atoms with Crippen molar-refractivity contribution in [3.63, 3.8) is 0 Å². The fraction of sp³-hybridized carbons (Fsp3) is 0.484. The predicted octanol–water partition coefficient (Wildman–Crippen LogP) is 5.90. The molecule has 8 nitrogen and oxygen atoms in total. The number of piperidine rings is 1. The molecule has 42 heavy (non-hydrogen) atoms. The van der Waals surface area contributed by atoms with Gasteiger partial charge < -0.3 is 23.7 Å². The van der Waals surface area contributed by atoms with Gasteiger partial charge in [-0.2, -0.15) is 0 Å². The van der Waals surface area contributed by atoms with Crippen LogP contribution in [0, 0.1) is 5.92 Å². The highest BCUT2D eigenvalue weighted by atomic mass is 35.5. The second kappa shape index (κ2) is 14.5. The van der Waals surface area contributed by atoms with Crippen LogP contribution in [0.4, 0.5) is 0 Å². The predicted molar refractivity (Wildman–Crippen MR) is 165 cm³/mol. The Kier molecular flexibility index (Phi) is 11.2. The molecule has 0 aromatic heterocycles. The van der Waals surface area contributed by atoms with E-state index in [1.54, 1.807) is 47.4 Å². The molecule has 1 N–H and O–H groups in total. The highest BCUT2D eigenvalue weighted by Crippen LogP contribution is 2.41. The van der Waals surface area contributed by atoms with Crippen LogP contribution >= 0.6 is 23.2 Å². The summed E-state index contributed by atoms with van der Waals surface area (Å²) in [5.74, 6) is -0.114. The molecule has 2 fully saturated rings. The minimum Gasteiger partial charge on any atom is -0.598 e. The zero-order chi connectivity index (χ0) is 30.4. The van der Waals surface area contributed by atoms with E-state index in [4.69, 9.17) is 37.4 Å². The summed E-state index contributed by atoms with van der Waals surface area (Å²) in [6, 6.07) is 11.8. The highest BCUT2D eigenvalue weighted by Gasteiger charge is 2.42. The maximum atomic E-state index is 13.5. The first-order valence-corrected chi connectivity index (χ1v) is 16.0. The van der Waals surface area contributed by atoms with Crippen LogP contribution in [0.3, 0.4) is 0 Å². The van der Waals surface area contributed by atoms with Crippen molar-refractivity contribution in [3.05, 3.63) is 76.3 Å². The van der Waals surface area contributed by atoms with Crippen molar-refractivity contribution in [2.75, 3.05) is 26.3 Å². The van der Waals surface area contributed by atoms with Gasteiger partial charge in [-0.15, -0.1) is 4.72 Å². The van der Waals surface area contributed by atoms with E-state index in [1.165, 1.54) is 0 Å². The lowest BCUT2D eigenvalue weighted by Gasteiger charge is -2.39. The van der Waals surface area contributed by atoms with Gasteiger partial charge in [-0.05, 0) is 57.7 Å². The van der Waals surface area contributed by atoms with Gasteiger partial charge in [0, 0.05) is 42.5 Å². The Morgan fingerprint density at radius 3 is 2.48 bits per heavy atom. The largest absolute Gasteiger partial charge is 0.598 e. The highest BCUT2D eigenvalue weighted by molar-refractivity contribution is 7.90. The maximum Gasteiger partial charge on any atom is 0.338 e. The van der Waals surface area contributed by atoms with Gasteiger partial charge in [-0.3, -0.25) is 4.79 Å². The minimum absolute atomic E-state index is 0.0138. The van der Waals surface area contributed by atoms with Gasteiger partial charge in [-0.1, -0.05) is 54.1 Å². The molecule has 0 radical (unpaired) electrons. The molecule has 2 aliphatic heterocycles. The molecule has 2 unspecified atom stereocenters. The number of nitrogens with one attached hydrogen (secondary N) is 1. The van der Waals surface area contributed by atoms with Crippen LogP contribution in [0.1, 0.15) is 62.0 Å². The van der Waals surface area contributed by atoms with Crippen molar-refractivity contribution in [1.82, 2.24) is 9.62 Å². The molecule has 2 saturated heterocycles. The van der Waals surface area contributed by atoms with Gasteiger partial charge in [0.1, 0.15) is 23.2 Å². The Bertz CT molecular complexity index is 1250. The lowest BCUT2D eigenvalue weighted by atomic mass is 9.85. The van der Waals surface area contributed by atoms with Gasteiger partial charge in [-0.25, -0.2) is 4.79 Å². The Hall–Kier alpha value is -2.27. The van der Waals surface area contributed by atoms with Crippen LogP contribution in [0.2, 0.25) is 10.0 Å². The van der Waals surface area contributed by atoms with Crippen molar-refractivity contribution in [2.45, 2.75) is 63.0 Å². The van der Waals surface area contributed by atoms with Crippen LogP contribution in [-0.2, 0) is 25.6 Å². The third-order valence-corrected chi connectivity index (χ3v) is 9.71. The number of halogens is 2. The van der Waals surface area contributed by atoms with E-state index in [9.17, 15) is 14.1 Å². The fourth-order valence-corrected chi connectivity index (χ4v) is 6.33. The minimum atomic E-state index is -1.39. The molecule has 0 spiro atoms. The topological polar surface area (TPSA) is 100 Å². The quantitative estimate of drug-likeness (QED) is 0.197. The Morgan fingerprint density at radius 1 is 1.17 bits per heavy atom. The number of nitrogens with zero attached hydrogens (tertiary/aromatic N) is 1. The molecule has 0 bridgehead atoms. The third kappa shape index (κ3) is 8.01. The van der Waals surface area contributed by atoms with Crippen LogP contribution in [0.25, 0.3) is 0 Å². The van der Waals surface area contributed by atoms with E-state index < -0.39 is 34.3 Å². The number of carbonyl (C=O) groups excluding carboxylic acids is 2. The lowest BCUT2D eigenvalue weighted by molar-refractivity contribution is -0.146. The zero-order valence-corrected chi connectivity index (χ0v) is 26.5. The summed E-state index contributed by atoms with van der Waals surface area (Å²) >= 11 is 11.4. The van der Waals surface area contributed by atoms with Crippen LogP contribution < -0.4 is 9.46 Å². The SMILES string of the molecule is C=CCOc1cc(Cl)c(Cl)cc1[C@H](N[S@@+]([O-])C(C)(C)C)C1CCN(C(=O)C2OCCC2OC(=O)c2ccccc2)CC1. The van der Waals surface area contributed by atoms with E-state index in [1.807, 2.05) is 26.8 Å². The number of hydrogen-bond donors (Lipinski definition) is 1. The monoisotopic (exact) mass is 636 g/mol. The van der Waals surface area contributed by atoms with Crippen molar-refractivity contribution in [2.24, 2.45) is 5.92 Å². The molecule has 2 aromatic carbocycles. The van der Waals surface area contributed by atoms with Gasteiger partial charge >= 0.3 is 5.97 Å². The van der Waals surface area contributed by atoms with Crippen molar-refractivity contribution < 1.29 is 28.4 Å². The average molecular weight is 638 g/mol. The first-order chi connectivity index (χ1) is 20.0. The van der Waals surface area contributed by atoms with Gasteiger partial charge in [0.15, 0.2) is 6.10 Å². The molecule has 1 amide bonds. The maximum absolute atomic E-state index is 13.5. The van der Waals surface area contributed by atoms with Crippen molar-refractivity contribution in [1.29, 1.82) is 0 Å². The Morgan fingerprint density at radius 2 is 1.83 bits per heavy atom. The van der Waals surface area contributed by atoms with Gasteiger partial charge in [0.05, 0.1) is 28.3 Å². The number of hydrogen-bond acceptors (Lipinski definition) is 7. The Labute approximate surface area is 261 Å². The number of benzene rings is 2. The second-order valence-corrected chi connectivity index (χ2v) is 14.2. The summed E-state index contributed by atoms with van der Waals surface area (Å²) in [6.07, 6.45) is 1.88. The summed E-state index contributed by atoms with van der Waals surface area (Å²) in [7, 11) is 0. The summed E-state index contributed by atoms with van der Waals surface area (Å²) in [5, 5.41) is 0.725. The first-order valence-electron chi connectivity index (χ1n) is 14.1. The summed E-state index contributed by atoms with van der Waals surface area (Å²) in [6.45, 7) is 11.0. The molecule has 0 saturated carbocycles. The third-order valence-electron chi connectivity index (χ3n) is 7.41. The number of likely N-dealkylation sites (tertiary alicyclic amines) is 1. The number of rotatable bonds is 10. The Balaban J connectivity index is 1.48. The smallest absolute Gasteiger partial charge is 0.338 e. The molecule has 2 heterocycles. The van der Waals surface area contributed by atoms with E-state index in [2.05, 4.69) is 11.3 Å². The number of ether oxygens (including phenoxy) is 3. The summed E-state index contributed by atoms with van der Waals surface area (Å²) in [5.41, 5.74) is 1.18. The van der Waals surface area contributed by atoms with Crippen LogP contribution in [-0.4, -0.2) is 64.6 Å².